The van der Waals surface area contributed by atoms with Crippen molar-refractivity contribution in [1.29, 1.82) is 0 Å². The minimum atomic E-state index is -0.700. The van der Waals surface area contributed by atoms with Crippen LogP contribution in [0.15, 0.2) is 22.9 Å². The molecule has 108 valence electrons. The Bertz CT molecular complexity index is 620. The fourth-order valence-corrected chi connectivity index (χ4v) is 1.81. The van der Waals surface area contributed by atoms with Crippen molar-refractivity contribution in [3.63, 3.8) is 0 Å². The first-order valence-electron chi connectivity index (χ1n) is 6.10. The number of nitrogens with one attached hydrogen (secondary N) is 1. The molecule has 6 heteroatoms. The second-order valence-electron chi connectivity index (χ2n) is 5.48. The van der Waals surface area contributed by atoms with Gasteiger partial charge in [0, 0.05) is 12.1 Å². The third-order valence-corrected chi connectivity index (χ3v) is 2.97. The van der Waals surface area contributed by atoms with Gasteiger partial charge in [0.15, 0.2) is 12.2 Å². The van der Waals surface area contributed by atoms with Gasteiger partial charge < -0.3 is 9.73 Å². The first-order chi connectivity index (χ1) is 9.28. The highest BCUT2D eigenvalue weighted by Gasteiger charge is 2.19. The smallest absolute Gasteiger partial charge is 0.181 e. The molecule has 0 saturated carbocycles. The summed E-state index contributed by atoms with van der Waals surface area (Å²) in [6, 6.07) is 1.94. The molecule has 0 amide bonds. The molecule has 20 heavy (non-hydrogen) atoms. The van der Waals surface area contributed by atoms with E-state index in [4.69, 9.17) is 16.0 Å². The molecule has 0 aliphatic carbocycles. The minimum absolute atomic E-state index is 0.00936. The van der Waals surface area contributed by atoms with Crippen LogP contribution in [-0.4, -0.2) is 10.5 Å². The number of hydrogen-bond donors (Lipinski definition) is 1. The van der Waals surface area contributed by atoms with Gasteiger partial charge in [0.2, 0.25) is 0 Å². The number of nitrogens with zero attached hydrogens (tertiary/aromatic N) is 1. The van der Waals surface area contributed by atoms with E-state index in [1.165, 1.54) is 6.39 Å². The quantitative estimate of drug-likeness (QED) is 0.865. The monoisotopic (exact) mass is 300 g/mol. The van der Waals surface area contributed by atoms with E-state index < -0.39 is 11.6 Å². The average Bonchev–Trinajstić information content (AvgIpc) is 2.78. The maximum absolute atomic E-state index is 13.9. The SMILES string of the molecule is CC(C)(C)NCc1ncoc1-c1cc(F)c(Cl)cc1F. The normalized spacial score (nSPS) is 11.9. The molecular formula is C14H15ClF2N2O. The van der Waals surface area contributed by atoms with Crippen LogP contribution in [-0.2, 0) is 6.54 Å². The molecule has 0 unspecified atom stereocenters. The molecule has 0 fully saturated rings. The van der Waals surface area contributed by atoms with Gasteiger partial charge in [-0.1, -0.05) is 11.6 Å². The Morgan fingerprint density at radius 1 is 1.25 bits per heavy atom. The van der Waals surface area contributed by atoms with Crippen molar-refractivity contribution in [3.8, 4) is 11.3 Å². The number of hydrogen-bond acceptors (Lipinski definition) is 3. The van der Waals surface area contributed by atoms with E-state index >= 15 is 0 Å². The molecule has 1 aromatic carbocycles. The molecule has 0 radical (unpaired) electrons. The summed E-state index contributed by atoms with van der Waals surface area (Å²) in [4.78, 5) is 4.04. The molecule has 0 atom stereocenters. The number of halogens is 3. The Hall–Kier alpha value is -1.46. The van der Waals surface area contributed by atoms with E-state index in [-0.39, 0.29) is 21.9 Å². The summed E-state index contributed by atoms with van der Waals surface area (Å²) in [5, 5.41) is 2.95. The first kappa shape index (κ1) is 14.9. The van der Waals surface area contributed by atoms with Crippen LogP contribution in [0.25, 0.3) is 11.3 Å². The maximum Gasteiger partial charge on any atom is 0.181 e. The average molecular weight is 301 g/mol. The highest BCUT2D eigenvalue weighted by Crippen LogP contribution is 2.30. The molecule has 0 spiro atoms. The topological polar surface area (TPSA) is 38.1 Å². The molecular weight excluding hydrogens is 286 g/mol. The van der Waals surface area contributed by atoms with Crippen molar-refractivity contribution < 1.29 is 13.2 Å². The van der Waals surface area contributed by atoms with Gasteiger partial charge in [-0.25, -0.2) is 13.8 Å². The molecule has 0 aliphatic heterocycles. The van der Waals surface area contributed by atoms with Crippen LogP contribution in [0.3, 0.4) is 0 Å². The third-order valence-electron chi connectivity index (χ3n) is 2.68. The van der Waals surface area contributed by atoms with Crippen molar-refractivity contribution >= 4 is 11.6 Å². The zero-order valence-electron chi connectivity index (χ0n) is 11.4. The molecule has 3 nitrogen and oxygen atoms in total. The highest BCUT2D eigenvalue weighted by atomic mass is 35.5. The summed E-state index contributed by atoms with van der Waals surface area (Å²) in [6.07, 6.45) is 1.21. The van der Waals surface area contributed by atoms with Crippen LogP contribution in [0, 0.1) is 11.6 Å². The van der Waals surface area contributed by atoms with E-state index in [0.717, 1.165) is 12.1 Å². The Kier molecular flexibility index (Phi) is 4.11. The second-order valence-corrected chi connectivity index (χ2v) is 5.89. The zero-order valence-corrected chi connectivity index (χ0v) is 12.2. The van der Waals surface area contributed by atoms with Gasteiger partial charge in [-0.15, -0.1) is 0 Å². The maximum atomic E-state index is 13.9. The van der Waals surface area contributed by atoms with Crippen molar-refractivity contribution in [1.82, 2.24) is 10.3 Å². The molecule has 2 rings (SSSR count). The molecule has 1 aromatic heterocycles. The number of oxazole rings is 1. The van der Waals surface area contributed by atoms with Crippen LogP contribution in [0.4, 0.5) is 8.78 Å². The lowest BCUT2D eigenvalue weighted by atomic mass is 10.1. The standard InChI is InChI=1S/C14H15ClF2N2O/c1-14(2,3)19-6-12-13(20-7-18-12)8-4-11(17)9(15)5-10(8)16/h4-5,7,19H,6H2,1-3H3. The molecule has 1 heterocycles. The van der Waals surface area contributed by atoms with Crippen molar-refractivity contribution in [2.45, 2.75) is 32.9 Å². The Balaban J connectivity index is 2.35. The van der Waals surface area contributed by atoms with Gasteiger partial charge in [0.25, 0.3) is 0 Å². The van der Waals surface area contributed by atoms with Gasteiger partial charge in [-0.2, -0.15) is 0 Å². The number of rotatable bonds is 3. The predicted octanol–water partition coefficient (Wildman–Crippen LogP) is 4.16. The molecule has 0 aliphatic rings. The minimum Gasteiger partial charge on any atom is -0.443 e. The van der Waals surface area contributed by atoms with E-state index in [0.29, 0.717) is 12.2 Å². The largest absolute Gasteiger partial charge is 0.443 e. The number of benzene rings is 1. The lowest BCUT2D eigenvalue weighted by Crippen LogP contribution is -2.35. The number of aromatic nitrogens is 1. The van der Waals surface area contributed by atoms with Crippen LogP contribution in [0.1, 0.15) is 26.5 Å². The van der Waals surface area contributed by atoms with E-state index in [1.54, 1.807) is 0 Å². The summed E-state index contributed by atoms with van der Waals surface area (Å²) in [5.41, 5.74) is 0.399. The highest BCUT2D eigenvalue weighted by molar-refractivity contribution is 6.30. The van der Waals surface area contributed by atoms with Gasteiger partial charge in [0.1, 0.15) is 17.3 Å². The van der Waals surface area contributed by atoms with Gasteiger partial charge in [0.05, 0.1) is 10.6 Å². The second kappa shape index (κ2) is 5.50. The lowest BCUT2D eigenvalue weighted by molar-refractivity contribution is 0.421. The van der Waals surface area contributed by atoms with Gasteiger partial charge in [-0.05, 0) is 32.9 Å². The van der Waals surface area contributed by atoms with E-state index in [1.807, 2.05) is 20.8 Å². The summed E-state index contributed by atoms with van der Waals surface area (Å²) >= 11 is 5.53. The lowest BCUT2D eigenvalue weighted by Gasteiger charge is -2.19. The van der Waals surface area contributed by atoms with Crippen molar-refractivity contribution in [2.24, 2.45) is 0 Å². The van der Waals surface area contributed by atoms with E-state index in [2.05, 4.69) is 10.3 Å². The van der Waals surface area contributed by atoms with Crippen LogP contribution >= 0.6 is 11.6 Å². The fourth-order valence-electron chi connectivity index (χ4n) is 1.66. The zero-order chi connectivity index (χ0) is 14.9. The Morgan fingerprint density at radius 2 is 1.95 bits per heavy atom. The predicted molar refractivity (Wildman–Crippen MR) is 73.5 cm³/mol. The molecule has 0 bridgehead atoms. The van der Waals surface area contributed by atoms with Crippen LogP contribution in [0.5, 0.6) is 0 Å². The summed E-state index contributed by atoms with van der Waals surface area (Å²) in [6.45, 7) is 6.37. The summed E-state index contributed by atoms with van der Waals surface area (Å²) in [7, 11) is 0. The fraction of sp³-hybridized carbons (Fsp3) is 0.357. The van der Waals surface area contributed by atoms with Gasteiger partial charge >= 0.3 is 0 Å². The van der Waals surface area contributed by atoms with Crippen LogP contribution < -0.4 is 5.32 Å². The van der Waals surface area contributed by atoms with Crippen molar-refractivity contribution in [2.75, 3.05) is 0 Å². The third kappa shape index (κ3) is 3.35. The van der Waals surface area contributed by atoms with Crippen LogP contribution in [0.2, 0.25) is 5.02 Å². The molecule has 0 saturated heterocycles. The molecule has 2 aromatic rings. The van der Waals surface area contributed by atoms with Gasteiger partial charge in [-0.3, -0.25) is 0 Å². The Morgan fingerprint density at radius 3 is 2.60 bits per heavy atom. The van der Waals surface area contributed by atoms with Crippen molar-refractivity contribution in [3.05, 3.63) is 40.9 Å². The summed E-state index contributed by atoms with van der Waals surface area (Å²) in [5.74, 6) is -1.14. The summed E-state index contributed by atoms with van der Waals surface area (Å²) < 4.78 is 32.6. The Labute approximate surface area is 121 Å². The van der Waals surface area contributed by atoms with E-state index in [9.17, 15) is 8.78 Å². The first-order valence-corrected chi connectivity index (χ1v) is 6.48. The molecule has 1 N–H and O–H groups in total.